The molecule has 76 valence electrons. The van der Waals surface area contributed by atoms with Crippen LogP contribution < -0.4 is 5.73 Å². The van der Waals surface area contributed by atoms with Gasteiger partial charge in [-0.1, -0.05) is 0 Å². The van der Waals surface area contributed by atoms with Crippen LogP contribution in [0.3, 0.4) is 0 Å². The summed E-state index contributed by atoms with van der Waals surface area (Å²) in [4.78, 5) is 14.6. The number of hydrogen-bond donors (Lipinski definition) is 1. The van der Waals surface area contributed by atoms with Crippen LogP contribution in [0.5, 0.6) is 0 Å². The molecule has 0 aliphatic rings. The molecular weight excluding hydrogens is 258 g/mol. The minimum Gasteiger partial charge on any atom is -0.366 e. The molecular formula is C8H7BrF2N2O. The average molecular weight is 265 g/mol. The molecule has 0 spiro atoms. The maximum atomic E-state index is 12.5. The number of amides is 1. The number of alkyl halides is 2. The number of nitrogens with two attached hydrogens (primary N) is 1. The fourth-order valence-corrected chi connectivity index (χ4v) is 1.72. The molecule has 14 heavy (non-hydrogen) atoms. The molecule has 2 N–H and O–H groups in total. The Kier molecular flexibility index (Phi) is 3.15. The van der Waals surface area contributed by atoms with Crippen molar-refractivity contribution in [2.24, 2.45) is 5.73 Å². The number of carbonyl (C=O) groups excluding carboxylic acids is 1. The first-order valence-corrected chi connectivity index (χ1v) is 4.47. The Balaban J connectivity index is 3.44. The standard InChI is InChI=1S/C8H7BrF2N2O/c1-3-2-4(8(12)14)5(7(10)11)6(9)13-3/h2,7H,1H3,(H2,12,14). The van der Waals surface area contributed by atoms with Crippen molar-refractivity contribution in [3.8, 4) is 0 Å². The number of primary amides is 1. The van der Waals surface area contributed by atoms with Crippen molar-refractivity contribution >= 4 is 21.8 Å². The second-order valence-corrected chi connectivity index (χ2v) is 3.43. The van der Waals surface area contributed by atoms with Gasteiger partial charge in [0.15, 0.2) is 0 Å². The molecule has 1 aromatic heterocycles. The monoisotopic (exact) mass is 264 g/mol. The van der Waals surface area contributed by atoms with Crippen LogP contribution in [0, 0.1) is 6.92 Å². The molecule has 6 heteroatoms. The Morgan fingerprint density at radius 1 is 1.64 bits per heavy atom. The highest BCUT2D eigenvalue weighted by Gasteiger charge is 2.21. The molecule has 0 aliphatic carbocycles. The zero-order chi connectivity index (χ0) is 10.9. The molecule has 0 aliphatic heterocycles. The van der Waals surface area contributed by atoms with Gasteiger partial charge in [0.05, 0.1) is 11.1 Å². The van der Waals surface area contributed by atoms with Crippen molar-refractivity contribution in [3.05, 3.63) is 27.5 Å². The molecule has 0 radical (unpaired) electrons. The minimum atomic E-state index is -2.78. The van der Waals surface area contributed by atoms with Crippen molar-refractivity contribution < 1.29 is 13.6 Å². The number of aryl methyl sites for hydroxylation is 1. The summed E-state index contributed by atoms with van der Waals surface area (Å²) in [5, 5.41) is 0. The molecule has 1 rings (SSSR count). The van der Waals surface area contributed by atoms with Crippen LogP contribution >= 0.6 is 15.9 Å². The highest BCUT2D eigenvalue weighted by Crippen LogP contribution is 2.29. The third-order valence-electron chi connectivity index (χ3n) is 1.62. The summed E-state index contributed by atoms with van der Waals surface area (Å²) < 4.78 is 25.0. The molecule has 0 saturated carbocycles. The van der Waals surface area contributed by atoms with Crippen LogP contribution in [-0.2, 0) is 0 Å². The highest BCUT2D eigenvalue weighted by atomic mass is 79.9. The molecule has 0 bridgehead atoms. The van der Waals surface area contributed by atoms with Crippen LogP contribution in [0.15, 0.2) is 10.7 Å². The summed E-state index contributed by atoms with van der Waals surface area (Å²) in [5.74, 6) is -0.883. The lowest BCUT2D eigenvalue weighted by atomic mass is 10.1. The number of aromatic nitrogens is 1. The Hall–Kier alpha value is -1.04. The predicted molar refractivity (Wildman–Crippen MR) is 50.1 cm³/mol. The van der Waals surface area contributed by atoms with Gasteiger partial charge in [-0.05, 0) is 28.9 Å². The number of pyridine rings is 1. The lowest BCUT2D eigenvalue weighted by molar-refractivity contribution is 0.0985. The quantitative estimate of drug-likeness (QED) is 0.833. The molecule has 0 fully saturated rings. The van der Waals surface area contributed by atoms with E-state index in [4.69, 9.17) is 5.73 Å². The Morgan fingerprint density at radius 3 is 2.64 bits per heavy atom. The third-order valence-corrected chi connectivity index (χ3v) is 2.23. The number of carbonyl (C=O) groups is 1. The van der Waals surface area contributed by atoms with Crippen LogP contribution in [0.25, 0.3) is 0 Å². The maximum absolute atomic E-state index is 12.5. The Morgan fingerprint density at radius 2 is 2.21 bits per heavy atom. The van der Waals surface area contributed by atoms with Gasteiger partial charge in [-0.2, -0.15) is 0 Å². The number of hydrogen-bond acceptors (Lipinski definition) is 2. The van der Waals surface area contributed by atoms with Gasteiger partial charge in [-0.15, -0.1) is 0 Å². The summed E-state index contributed by atoms with van der Waals surface area (Å²) in [6.07, 6.45) is -2.78. The van der Waals surface area contributed by atoms with Gasteiger partial charge in [0.1, 0.15) is 4.60 Å². The molecule has 3 nitrogen and oxygen atoms in total. The van der Waals surface area contributed by atoms with E-state index in [9.17, 15) is 13.6 Å². The molecule has 0 atom stereocenters. The smallest absolute Gasteiger partial charge is 0.267 e. The van der Waals surface area contributed by atoms with E-state index < -0.39 is 17.9 Å². The summed E-state index contributed by atoms with van der Waals surface area (Å²) in [6, 6.07) is 1.24. The molecule has 0 aromatic carbocycles. The molecule has 0 unspecified atom stereocenters. The Labute approximate surface area is 87.4 Å². The lowest BCUT2D eigenvalue weighted by Crippen LogP contribution is -2.15. The highest BCUT2D eigenvalue weighted by molar-refractivity contribution is 9.10. The average Bonchev–Trinajstić information content (AvgIpc) is 2.01. The van der Waals surface area contributed by atoms with Crippen molar-refractivity contribution in [2.75, 3.05) is 0 Å². The molecule has 1 heterocycles. The first kappa shape index (κ1) is 11.0. The van der Waals surface area contributed by atoms with E-state index in [1.807, 2.05) is 0 Å². The van der Waals surface area contributed by atoms with E-state index in [0.29, 0.717) is 5.69 Å². The Bertz CT molecular complexity index is 382. The predicted octanol–water partition coefficient (Wildman–Crippen LogP) is 2.19. The van der Waals surface area contributed by atoms with Gasteiger partial charge in [-0.25, -0.2) is 13.8 Å². The molecule has 1 aromatic rings. The fourth-order valence-electron chi connectivity index (χ4n) is 1.06. The van der Waals surface area contributed by atoms with Crippen molar-refractivity contribution in [3.63, 3.8) is 0 Å². The first-order chi connectivity index (χ1) is 6.43. The van der Waals surface area contributed by atoms with Gasteiger partial charge < -0.3 is 5.73 Å². The number of rotatable bonds is 2. The van der Waals surface area contributed by atoms with Crippen molar-refractivity contribution in [2.45, 2.75) is 13.3 Å². The number of nitrogens with zero attached hydrogens (tertiary/aromatic N) is 1. The maximum Gasteiger partial charge on any atom is 0.267 e. The van der Waals surface area contributed by atoms with E-state index in [-0.39, 0.29) is 10.2 Å². The van der Waals surface area contributed by atoms with Crippen LogP contribution in [0.2, 0.25) is 0 Å². The van der Waals surface area contributed by atoms with E-state index in [0.717, 1.165) is 0 Å². The second-order valence-electron chi connectivity index (χ2n) is 2.68. The second kappa shape index (κ2) is 4.00. The zero-order valence-corrected chi connectivity index (χ0v) is 8.81. The third kappa shape index (κ3) is 2.06. The van der Waals surface area contributed by atoms with Gasteiger partial charge in [0, 0.05) is 5.69 Å². The van der Waals surface area contributed by atoms with Gasteiger partial charge >= 0.3 is 0 Å². The van der Waals surface area contributed by atoms with Crippen LogP contribution in [-0.4, -0.2) is 10.9 Å². The van der Waals surface area contributed by atoms with Crippen LogP contribution in [0.4, 0.5) is 8.78 Å². The summed E-state index contributed by atoms with van der Waals surface area (Å²) in [5.41, 5.74) is 4.77. The van der Waals surface area contributed by atoms with E-state index in [2.05, 4.69) is 20.9 Å². The lowest BCUT2D eigenvalue weighted by Gasteiger charge is -2.08. The molecule has 0 saturated heterocycles. The largest absolute Gasteiger partial charge is 0.366 e. The SMILES string of the molecule is Cc1cc(C(N)=O)c(C(F)F)c(Br)n1. The summed E-state index contributed by atoms with van der Waals surface area (Å²) in [6.45, 7) is 1.59. The van der Waals surface area contributed by atoms with E-state index >= 15 is 0 Å². The van der Waals surface area contributed by atoms with Crippen molar-refractivity contribution in [1.29, 1.82) is 0 Å². The summed E-state index contributed by atoms with van der Waals surface area (Å²) >= 11 is 2.87. The van der Waals surface area contributed by atoms with Gasteiger partial charge in [0.25, 0.3) is 6.43 Å². The van der Waals surface area contributed by atoms with E-state index in [1.165, 1.54) is 6.07 Å². The topological polar surface area (TPSA) is 56.0 Å². The van der Waals surface area contributed by atoms with Crippen LogP contribution in [0.1, 0.15) is 28.0 Å². The zero-order valence-electron chi connectivity index (χ0n) is 7.22. The normalized spacial score (nSPS) is 10.6. The fraction of sp³-hybridized carbons (Fsp3) is 0.250. The van der Waals surface area contributed by atoms with Gasteiger partial charge in [-0.3, -0.25) is 4.79 Å². The van der Waals surface area contributed by atoms with Crippen molar-refractivity contribution in [1.82, 2.24) is 4.98 Å². The minimum absolute atomic E-state index is 0.0405. The molecule has 1 amide bonds. The van der Waals surface area contributed by atoms with Gasteiger partial charge in [0.2, 0.25) is 5.91 Å². The van der Waals surface area contributed by atoms with E-state index in [1.54, 1.807) is 6.92 Å². The first-order valence-electron chi connectivity index (χ1n) is 3.68. The summed E-state index contributed by atoms with van der Waals surface area (Å²) in [7, 11) is 0. The number of halogens is 3.